The lowest BCUT2D eigenvalue weighted by atomic mass is 10.5. The Morgan fingerprint density at radius 1 is 1.50 bits per heavy atom. The van der Waals surface area contributed by atoms with Crippen molar-refractivity contribution >= 4 is 11.6 Å². The van der Waals surface area contributed by atoms with E-state index in [2.05, 4.69) is 26.9 Å². The topological polar surface area (TPSA) is 47.7 Å². The number of rotatable bonds is 4. The maximum absolute atomic E-state index is 4.32. The summed E-state index contributed by atoms with van der Waals surface area (Å²) >= 11 is 0. The van der Waals surface area contributed by atoms with Gasteiger partial charge in [-0.3, -0.25) is 4.68 Å². The fraction of sp³-hybridized carbons (Fsp3) is 0.455. The van der Waals surface area contributed by atoms with Crippen molar-refractivity contribution in [2.24, 2.45) is 0 Å². The third-order valence-electron chi connectivity index (χ3n) is 2.82. The lowest BCUT2D eigenvalue weighted by Gasteiger charge is -2.06. The summed E-state index contributed by atoms with van der Waals surface area (Å²) in [6.07, 6.45) is 10.2. The minimum Gasteiger partial charge on any atom is -0.323 e. The summed E-state index contributed by atoms with van der Waals surface area (Å²) in [5.74, 6) is 0.915. The fourth-order valence-corrected chi connectivity index (χ4v) is 1.79. The lowest BCUT2D eigenvalue weighted by molar-refractivity contribution is 0.660. The zero-order valence-corrected chi connectivity index (χ0v) is 9.30. The van der Waals surface area contributed by atoms with Crippen LogP contribution >= 0.6 is 0 Å². The molecule has 16 heavy (non-hydrogen) atoms. The summed E-state index contributed by atoms with van der Waals surface area (Å²) in [6.45, 7) is 2.96. The summed E-state index contributed by atoms with van der Waals surface area (Å²) in [5, 5.41) is 7.52. The van der Waals surface area contributed by atoms with Gasteiger partial charge < -0.3 is 9.88 Å². The minimum atomic E-state index is 0.645. The first-order valence-corrected chi connectivity index (χ1v) is 5.69. The summed E-state index contributed by atoms with van der Waals surface area (Å²) in [4.78, 5) is 4.32. The molecule has 2 heterocycles. The first-order chi connectivity index (χ1) is 7.86. The van der Waals surface area contributed by atoms with Crippen LogP contribution in [0.2, 0.25) is 0 Å². The van der Waals surface area contributed by atoms with Crippen LogP contribution in [0.3, 0.4) is 0 Å². The van der Waals surface area contributed by atoms with E-state index in [9.17, 15) is 0 Å². The highest BCUT2D eigenvalue weighted by atomic mass is 15.3. The molecule has 5 heteroatoms. The van der Waals surface area contributed by atoms with Crippen LogP contribution in [0.5, 0.6) is 0 Å². The van der Waals surface area contributed by atoms with Crippen LogP contribution in [0.4, 0.5) is 11.6 Å². The molecule has 0 aliphatic heterocycles. The Kier molecular flexibility index (Phi) is 2.16. The van der Waals surface area contributed by atoms with Crippen molar-refractivity contribution in [3.8, 4) is 0 Å². The number of anilines is 2. The average Bonchev–Trinajstić information content (AvgIpc) is 2.88. The van der Waals surface area contributed by atoms with Crippen molar-refractivity contribution in [2.45, 2.75) is 32.4 Å². The van der Waals surface area contributed by atoms with E-state index in [1.165, 1.54) is 12.8 Å². The molecule has 0 amide bonds. The number of hydrogen-bond donors (Lipinski definition) is 1. The van der Waals surface area contributed by atoms with Crippen molar-refractivity contribution in [3.63, 3.8) is 0 Å². The third kappa shape index (κ3) is 1.68. The quantitative estimate of drug-likeness (QED) is 0.853. The zero-order valence-electron chi connectivity index (χ0n) is 9.30. The monoisotopic (exact) mass is 217 g/mol. The van der Waals surface area contributed by atoms with Gasteiger partial charge in [-0.1, -0.05) is 0 Å². The van der Waals surface area contributed by atoms with Gasteiger partial charge in [0.25, 0.3) is 0 Å². The molecule has 2 aromatic rings. The molecule has 0 bridgehead atoms. The second-order valence-corrected chi connectivity index (χ2v) is 4.10. The Morgan fingerprint density at radius 3 is 3.06 bits per heavy atom. The van der Waals surface area contributed by atoms with E-state index >= 15 is 0 Å². The van der Waals surface area contributed by atoms with Crippen LogP contribution in [-0.4, -0.2) is 19.3 Å². The first kappa shape index (κ1) is 9.45. The minimum absolute atomic E-state index is 0.645. The molecule has 5 nitrogen and oxygen atoms in total. The molecular weight excluding hydrogens is 202 g/mol. The molecule has 0 spiro atoms. The van der Waals surface area contributed by atoms with Crippen molar-refractivity contribution in [3.05, 3.63) is 24.8 Å². The zero-order chi connectivity index (χ0) is 11.0. The van der Waals surface area contributed by atoms with E-state index in [4.69, 9.17) is 0 Å². The van der Waals surface area contributed by atoms with Gasteiger partial charge in [-0.2, -0.15) is 5.10 Å². The third-order valence-corrected chi connectivity index (χ3v) is 2.82. The molecule has 1 aliphatic rings. The maximum atomic E-state index is 4.32. The molecule has 0 unspecified atom stereocenters. The number of aryl methyl sites for hydroxylation is 1. The molecule has 3 rings (SSSR count). The first-order valence-electron chi connectivity index (χ1n) is 5.69. The largest absolute Gasteiger partial charge is 0.323 e. The normalized spacial score (nSPS) is 15.3. The fourth-order valence-electron chi connectivity index (χ4n) is 1.79. The molecule has 2 aromatic heterocycles. The van der Waals surface area contributed by atoms with Crippen molar-refractivity contribution in [1.29, 1.82) is 0 Å². The number of nitrogens with one attached hydrogen (secondary N) is 1. The number of imidazole rings is 1. The smallest absolute Gasteiger partial charge is 0.207 e. The number of hydrogen-bond acceptors (Lipinski definition) is 3. The Bertz CT molecular complexity index is 480. The molecule has 1 aliphatic carbocycles. The Morgan fingerprint density at radius 2 is 2.38 bits per heavy atom. The van der Waals surface area contributed by atoms with Gasteiger partial charge in [0.2, 0.25) is 5.95 Å². The molecule has 1 fully saturated rings. The van der Waals surface area contributed by atoms with Gasteiger partial charge in [0.05, 0.1) is 11.9 Å². The van der Waals surface area contributed by atoms with Gasteiger partial charge >= 0.3 is 0 Å². The van der Waals surface area contributed by atoms with E-state index < -0.39 is 0 Å². The van der Waals surface area contributed by atoms with E-state index in [1.54, 1.807) is 0 Å². The second-order valence-electron chi connectivity index (χ2n) is 4.10. The molecule has 1 saturated carbocycles. The van der Waals surface area contributed by atoms with E-state index in [-0.39, 0.29) is 0 Å². The highest BCUT2D eigenvalue weighted by molar-refractivity contribution is 5.51. The number of nitrogens with zero attached hydrogens (tertiary/aromatic N) is 4. The van der Waals surface area contributed by atoms with Crippen molar-refractivity contribution in [1.82, 2.24) is 19.3 Å². The average molecular weight is 217 g/mol. The summed E-state index contributed by atoms with van der Waals surface area (Å²) < 4.78 is 4.09. The predicted molar refractivity (Wildman–Crippen MR) is 61.7 cm³/mol. The van der Waals surface area contributed by atoms with E-state index in [0.717, 1.165) is 18.2 Å². The van der Waals surface area contributed by atoms with Crippen molar-refractivity contribution < 1.29 is 0 Å². The van der Waals surface area contributed by atoms with Gasteiger partial charge in [0.15, 0.2) is 0 Å². The van der Waals surface area contributed by atoms with Crippen LogP contribution in [0.25, 0.3) is 0 Å². The standard InChI is InChI=1S/C11H15N5/c1-2-15-8-9(7-13-15)14-11-12-5-6-16(11)10-3-4-10/h5-8,10H,2-4H2,1H3,(H,12,14). The molecule has 1 N–H and O–H groups in total. The van der Waals surface area contributed by atoms with Gasteiger partial charge in [0.1, 0.15) is 0 Å². The molecular formula is C11H15N5. The molecule has 0 radical (unpaired) electrons. The summed E-state index contributed by atoms with van der Waals surface area (Å²) in [6, 6.07) is 0.645. The Hall–Kier alpha value is -1.78. The van der Waals surface area contributed by atoms with Crippen LogP contribution < -0.4 is 5.32 Å². The van der Waals surface area contributed by atoms with Gasteiger partial charge in [-0.15, -0.1) is 0 Å². The summed E-state index contributed by atoms with van der Waals surface area (Å²) in [7, 11) is 0. The Labute approximate surface area is 94.1 Å². The van der Waals surface area contributed by atoms with Crippen LogP contribution in [-0.2, 0) is 6.54 Å². The lowest BCUT2D eigenvalue weighted by Crippen LogP contribution is -2.00. The molecule has 0 atom stereocenters. The Balaban J connectivity index is 1.79. The van der Waals surface area contributed by atoms with Gasteiger partial charge in [0, 0.05) is 31.2 Å². The maximum Gasteiger partial charge on any atom is 0.207 e. The summed E-state index contributed by atoms with van der Waals surface area (Å²) in [5.41, 5.74) is 0.995. The van der Waals surface area contributed by atoms with Crippen LogP contribution in [0, 0.1) is 0 Å². The molecule has 84 valence electrons. The van der Waals surface area contributed by atoms with E-state index in [0.29, 0.717) is 6.04 Å². The van der Waals surface area contributed by atoms with Gasteiger partial charge in [-0.05, 0) is 19.8 Å². The molecule has 0 saturated heterocycles. The van der Waals surface area contributed by atoms with E-state index in [1.807, 2.05) is 29.5 Å². The number of aromatic nitrogens is 4. The van der Waals surface area contributed by atoms with Crippen molar-refractivity contribution in [2.75, 3.05) is 5.32 Å². The molecule has 0 aromatic carbocycles. The van der Waals surface area contributed by atoms with Crippen LogP contribution in [0.1, 0.15) is 25.8 Å². The predicted octanol–water partition coefficient (Wildman–Crippen LogP) is 2.18. The highest BCUT2D eigenvalue weighted by Crippen LogP contribution is 2.37. The van der Waals surface area contributed by atoms with Crippen LogP contribution in [0.15, 0.2) is 24.8 Å². The second kappa shape index (κ2) is 3.66. The SMILES string of the molecule is CCn1cc(Nc2nccn2C2CC2)cn1. The highest BCUT2D eigenvalue weighted by Gasteiger charge is 2.25. The van der Waals surface area contributed by atoms with Gasteiger partial charge in [-0.25, -0.2) is 4.98 Å².